The summed E-state index contributed by atoms with van der Waals surface area (Å²) in [6, 6.07) is 0. The van der Waals surface area contributed by atoms with E-state index in [0.29, 0.717) is 0 Å². The molecule has 25 heavy (non-hydrogen) atoms. The van der Waals surface area contributed by atoms with Crippen LogP contribution in [0.4, 0.5) is 0 Å². The quantitative estimate of drug-likeness (QED) is 0.195. The fourth-order valence-electron chi connectivity index (χ4n) is 2.87. The predicted octanol–water partition coefficient (Wildman–Crippen LogP) is 6.32. The normalized spacial score (nSPS) is 12.0. The van der Waals surface area contributed by atoms with Gasteiger partial charge in [0.25, 0.3) is 0 Å². The summed E-state index contributed by atoms with van der Waals surface area (Å²) in [6.45, 7) is 7.84. The van der Waals surface area contributed by atoms with Gasteiger partial charge in [0.05, 0.1) is 12.7 Å². The lowest BCUT2D eigenvalue weighted by Crippen LogP contribution is -2.20. The first kappa shape index (κ1) is 24.6. The third-order valence-electron chi connectivity index (χ3n) is 4.34. The molecule has 0 radical (unpaired) electrons. The van der Waals surface area contributed by atoms with Gasteiger partial charge in [0.1, 0.15) is 0 Å². The van der Waals surface area contributed by atoms with Gasteiger partial charge in [0, 0.05) is 0 Å². The van der Waals surface area contributed by atoms with Crippen LogP contribution in [-0.2, 0) is 18.8 Å². The van der Waals surface area contributed by atoms with Crippen LogP contribution >= 0.6 is 0 Å². The van der Waals surface area contributed by atoms with Gasteiger partial charge in [-0.05, 0) is 12.8 Å². The Morgan fingerprint density at radius 2 is 1.24 bits per heavy atom. The van der Waals surface area contributed by atoms with Gasteiger partial charge in [0.2, 0.25) is 0 Å². The highest BCUT2D eigenvalue weighted by Gasteiger charge is 2.19. The largest absolute Gasteiger partial charge is 0.400 e. The van der Waals surface area contributed by atoms with Gasteiger partial charge < -0.3 is 0 Å². The van der Waals surface area contributed by atoms with Crippen LogP contribution < -0.4 is 0 Å². The minimum Gasteiger partial charge on any atom is -0.245 e. The summed E-state index contributed by atoms with van der Waals surface area (Å²) in [5.41, 5.74) is 0. The molecule has 5 heteroatoms. The Morgan fingerprint density at radius 3 is 1.68 bits per heavy atom. The SMILES string of the molecule is C=CCOS(=O)(=O)OC(CCCCCCCC)CCCCCCCC. The molecule has 0 unspecified atom stereocenters. The van der Waals surface area contributed by atoms with E-state index >= 15 is 0 Å². The van der Waals surface area contributed by atoms with Crippen LogP contribution in [0.15, 0.2) is 12.7 Å². The molecule has 0 saturated carbocycles. The lowest BCUT2D eigenvalue weighted by molar-refractivity contribution is 0.142. The summed E-state index contributed by atoms with van der Waals surface area (Å²) in [4.78, 5) is 0. The van der Waals surface area contributed by atoms with Crippen molar-refractivity contribution >= 4 is 10.4 Å². The topological polar surface area (TPSA) is 52.6 Å². The summed E-state index contributed by atoms with van der Waals surface area (Å²) in [5, 5.41) is 0. The maximum Gasteiger partial charge on any atom is 0.400 e. The van der Waals surface area contributed by atoms with Gasteiger partial charge in [-0.2, -0.15) is 8.42 Å². The summed E-state index contributed by atoms with van der Waals surface area (Å²) in [5.74, 6) is 0. The Bertz CT molecular complexity index is 377. The molecule has 0 bridgehead atoms. The molecule has 0 aliphatic heterocycles. The Hall–Kier alpha value is -0.390. The summed E-state index contributed by atoms with van der Waals surface area (Å²) in [6.07, 6.45) is 17.1. The average Bonchev–Trinajstić information content (AvgIpc) is 2.58. The molecule has 0 fully saturated rings. The van der Waals surface area contributed by atoms with E-state index in [1.165, 1.54) is 57.4 Å². The molecule has 0 aromatic heterocycles. The zero-order valence-electron chi connectivity index (χ0n) is 16.5. The first-order chi connectivity index (χ1) is 12.1. The average molecular weight is 377 g/mol. The predicted molar refractivity (Wildman–Crippen MR) is 106 cm³/mol. The van der Waals surface area contributed by atoms with Crippen molar-refractivity contribution in [3.63, 3.8) is 0 Å². The molecule has 0 saturated heterocycles. The fourth-order valence-corrected chi connectivity index (χ4v) is 3.72. The number of hydrogen-bond acceptors (Lipinski definition) is 4. The molecular weight excluding hydrogens is 336 g/mol. The van der Waals surface area contributed by atoms with Gasteiger partial charge in [-0.25, -0.2) is 8.37 Å². The Morgan fingerprint density at radius 1 is 0.800 bits per heavy atom. The zero-order chi connectivity index (χ0) is 18.8. The lowest BCUT2D eigenvalue weighted by atomic mass is 10.0. The van der Waals surface area contributed by atoms with Gasteiger partial charge in [-0.3, -0.25) is 0 Å². The van der Waals surface area contributed by atoms with Crippen LogP contribution in [0.2, 0.25) is 0 Å². The highest BCUT2D eigenvalue weighted by Crippen LogP contribution is 2.19. The molecule has 0 rings (SSSR count). The molecule has 0 amide bonds. The van der Waals surface area contributed by atoms with Gasteiger partial charge in [-0.15, -0.1) is 6.58 Å². The molecule has 0 aromatic carbocycles. The Labute approximate surface area is 156 Å². The first-order valence-corrected chi connectivity index (χ1v) is 11.6. The second-order valence-electron chi connectivity index (χ2n) is 6.81. The maximum atomic E-state index is 11.9. The standard InChI is InChI=1S/C20H40O4S/c1-4-7-9-11-13-15-17-20(18-16-14-12-10-8-5-2)24-25(21,22)23-19-6-3/h6,20H,3-5,7-19H2,1-2H3. The van der Waals surface area contributed by atoms with E-state index < -0.39 is 10.4 Å². The van der Waals surface area contributed by atoms with E-state index in [4.69, 9.17) is 8.37 Å². The Balaban J connectivity index is 4.18. The van der Waals surface area contributed by atoms with Crippen molar-refractivity contribution in [3.8, 4) is 0 Å². The molecule has 0 aliphatic carbocycles. The van der Waals surface area contributed by atoms with Crippen molar-refractivity contribution in [2.75, 3.05) is 6.61 Å². The molecule has 0 atom stereocenters. The molecule has 4 nitrogen and oxygen atoms in total. The van der Waals surface area contributed by atoms with Gasteiger partial charge in [-0.1, -0.05) is 97.0 Å². The summed E-state index contributed by atoms with van der Waals surface area (Å²) >= 11 is 0. The Kier molecular flexibility index (Phi) is 16.8. The lowest BCUT2D eigenvalue weighted by Gasteiger charge is -2.17. The summed E-state index contributed by atoms with van der Waals surface area (Å²) < 4.78 is 33.8. The smallest absolute Gasteiger partial charge is 0.245 e. The minimum absolute atomic E-state index is 0.0386. The van der Waals surface area contributed by atoms with Gasteiger partial charge >= 0.3 is 10.4 Å². The number of hydrogen-bond donors (Lipinski definition) is 0. The van der Waals surface area contributed by atoms with Gasteiger partial charge in [0.15, 0.2) is 0 Å². The molecule has 0 spiro atoms. The molecule has 0 aliphatic rings. The zero-order valence-corrected chi connectivity index (χ0v) is 17.3. The van der Waals surface area contributed by atoms with E-state index in [9.17, 15) is 8.42 Å². The molecule has 0 heterocycles. The van der Waals surface area contributed by atoms with Crippen LogP contribution in [-0.4, -0.2) is 21.1 Å². The second-order valence-corrected chi connectivity index (χ2v) is 8.06. The van der Waals surface area contributed by atoms with E-state index in [1.54, 1.807) is 0 Å². The molecular formula is C20H40O4S. The molecule has 150 valence electrons. The van der Waals surface area contributed by atoms with E-state index in [-0.39, 0.29) is 12.7 Å². The molecule has 0 N–H and O–H groups in total. The monoisotopic (exact) mass is 376 g/mol. The first-order valence-electron chi connectivity index (χ1n) is 10.2. The maximum absolute atomic E-state index is 11.9. The fraction of sp³-hybridized carbons (Fsp3) is 0.900. The van der Waals surface area contributed by atoms with Crippen molar-refractivity contribution in [1.29, 1.82) is 0 Å². The second kappa shape index (κ2) is 17.0. The van der Waals surface area contributed by atoms with Crippen LogP contribution in [0.3, 0.4) is 0 Å². The van der Waals surface area contributed by atoms with Crippen molar-refractivity contribution in [2.24, 2.45) is 0 Å². The van der Waals surface area contributed by atoms with E-state index in [2.05, 4.69) is 20.4 Å². The van der Waals surface area contributed by atoms with Crippen LogP contribution in [0.1, 0.15) is 104 Å². The van der Waals surface area contributed by atoms with E-state index in [0.717, 1.165) is 38.5 Å². The molecule has 0 aromatic rings. The van der Waals surface area contributed by atoms with E-state index in [1.807, 2.05) is 0 Å². The number of rotatable bonds is 19. The summed E-state index contributed by atoms with van der Waals surface area (Å²) in [7, 11) is -3.92. The van der Waals surface area contributed by atoms with Crippen molar-refractivity contribution < 1.29 is 16.8 Å². The highest BCUT2D eigenvalue weighted by molar-refractivity contribution is 7.81. The minimum atomic E-state index is -3.92. The highest BCUT2D eigenvalue weighted by atomic mass is 32.3. The number of unbranched alkanes of at least 4 members (excludes halogenated alkanes) is 10. The van der Waals surface area contributed by atoms with Crippen molar-refractivity contribution in [3.05, 3.63) is 12.7 Å². The van der Waals surface area contributed by atoms with Crippen molar-refractivity contribution in [1.82, 2.24) is 0 Å². The van der Waals surface area contributed by atoms with Crippen LogP contribution in [0.5, 0.6) is 0 Å². The van der Waals surface area contributed by atoms with Crippen LogP contribution in [0.25, 0.3) is 0 Å². The third-order valence-corrected chi connectivity index (χ3v) is 5.28. The van der Waals surface area contributed by atoms with Crippen molar-refractivity contribution in [2.45, 2.75) is 110 Å². The van der Waals surface area contributed by atoms with Crippen LogP contribution in [0, 0.1) is 0 Å². The third kappa shape index (κ3) is 16.8.